The summed E-state index contributed by atoms with van der Waals surface area (Å²) in [7, 11) is 0. The van der Waals surface area contributed by atoms with E-state index in [1.54, 1.807) is 42.8 Å². The maximum atomic E-state index is 12.9. The summed E-state index contributed by atoms with van der Waals surface area (Å²) in [5, 5.41) is 20.4. The summed E-state index contributed by atoms with van der Waals surface area (Å²) in [5.41, 5.74) is 1.20. The van der Waals surface area contributed by atoms with Crippen molar-refractivity contribution in [3.05, 3.63) is 52.2 Å². The SMILES string of the molecule is Cc1onc(-c2ccccc2Cl)c1C(=O)Nc1nnc(SCC(=O)Nc2nccs2)s1. The molecule has 0 fully saturated rings. The number of nitrogens with zero attached hydrogens (tertiary/aromatic N) is 4. The van der Waals surface area contributed by atoms with Gasteiger partial charge >= 0.3 is 0 Å². The van der Waals surface area contributed by atoms with Crippen LogP contribution in [-0.4, -0.2) is 37.9 Å². The molecule has 3 heterocycles. The number of carbonyl (C=O) groups is 2. The summed E-state index contributed by atoms with van der Waals surface area (Å²) >= 11 is 9.95. The monoisotopic (exact) mass is 492 g/mol. The van der Waals surface area contributed by atoms with Crippen LogP contribution >= 0.6 is 46.0 Å². The maximum Gasteiger partial charge on any atom is 0.263 e. The summed E-state index contributed by atoms with van der Waals surface area (Å²) in [6, 6.07) is 7.05. The van der Waals surface area contributed by atoms with Gasteiger partial charge in [-0.25, -0.2) is 4.98 Å². The molecule has 4 aromatic rings. The number of aromatic nitrogens is 4. The number of benzene rings is 1. The van der Waals surface area contributed by atoms with Crippen molar-refractivity contribution in [3.63, 3.8) is 0 Å². The van der Waals surface area contributed by atoms with Crippen LogP contribution in [0.2, 0.25) is 5.02 Å². The number of rotatable bonds is 7. The first-order valence-electron chi connectivity index (χ1n) is 8.69. The number of hydrogen-bond donors (Lipinski definition) is 2. The van der Waals surface area contributed by atoms with Crippen LogP contribution in [0.4, 0.5) is 10.3 Å². The van der Waals surface area contributed by atoms with Gasteiger partial charge < -0.3 is 9.84 Å². The molecule has 3 aromatic heterocycles. The first kappa shape index (κ1) is 21.4. The molecule has 0 aliphatic carbocycles. The zero-order valence-corrected chi connectivity index (χ0v) is 19.0. The third-order valence-electron chi connectivity index (χ3n) is 3.85. The second kappa shape index (κ2) is 9.56. The molecule has 9 nitrogen and oxygen atoms in total. The standard InChI is InChI=1S/C18H13ClN6O3S3/c1-9-13(14(25-28-9)10-4-2-3-5-11(10)19)15(27)22-17-23-24-18(31-17)30-8-12(26)21-16-20-6-7-29-16/h2-7H,8H2,1H3,(H,20,21,26)(H,22,23,27). The van der Waals surface area contributed by atoms with E-state index in [0.717, 1.165) is 11.3 Å². The van der Waals surface area contributed by atoms with Gasteiger partial charge in [-0.05, 0) is 13.0 Å². The Labute approximate surface area is 193 Å². The van der Waals surface area contributed by atoms with Gasteiger partial charge in [-0.15, -0.1) is 21.5 Å². The van der Waals surface area contributed by atoms with E-state index < -0.39 is 5.91 Å². The second-order valence-corrected chi connectivity index (χ2v) is 9.45. The first-order chi connectivity index (χ1) is 15.0. The molecule has 0 bridgehead atoms. The quantitative estimate of drug-likeness (QED) is 0.283. The molecule has 0 aliphatic rings. The fourth-order valence-electron chi connectivity index (χ4n) is 2.52. The Morgan fingerprint density at radius 2 is 2.03 bits per heavy atom. The number of nitrogens with one attached hydrogen (secondary N) is 2. The van der Waals surface area contributed by atoms with Crippen LogP contribution in [0.3, 0.4) is 0 Å². The predicted octanol–water partition coefficient (Wildman–Crippen LogP) is 4.59. The molecule has 0 atom stereocenters. The Morgan fingerprint density at radius 1 is 1.19 bits per heavy atom. The van der Waals surface area contributed by atoms with Crippen LogP contribution < -0.4 is 10.6 Å². The third-order valence-corrected chi connectivity index (χ3v) is 6.84. The molecule has 0 spiro atoms. The van der Waals surface area contributed by atoms with Crippen molar-refractivity contribution >= 4 is 68.1 Å². The Balaban J connectivity index is 1.41. The Hall–Kier alpha value is -2.80. The summed E-state index contributed by atoms with van der Waals surface area (Å²) in [4.78, 5) is 28.8. The van der Waals surface area contributed by atoms with Gasteiger partial charge in [0, 0.05) is 17.1 Å². The van der Waals surface area contributed by atoms with Crippen LogP contribution in [0.5, 0.6) is 0 Å². The van der Waals surface area contributed by atoms with E-state index in [-0.39, 0.29) is 17.2 Å². The lowest BCUT2D eigenvalue weighted by Crippen LogP contribution is -2.13. The molecule has 2 amide bonds. The third kappa shape index (κ3) is 5.10. The molecular weight excluding hydrogens is 480 g/mol. The number of halogens is 1. The summed E-state index contributed by atoms with van der Waals surface area (Å²) in [6.45, 7) is 1.64. The van der Waals surface area contributed by atoms with Gasteiger partial charge in [-0.1, -0.05) is 58.1 Å². The minimum absolute atomic E-state index is 0.142. The van der Waals surface area contributed by atoms with E-state index in [4.69, 9.17) is 16.1 Å². The predicted molar refractivity (Wildman–Crippen MR) is 121 cm³/mol. The van der Waals surface area contributed by atoms with Crippen LogP contribution in [0.1, 0.15) is 16.1 Å². The molecule has 0 saturated heterocycles. The van der Waals surface area contributed by atoms with E-state index in [1.165, 1.54) is 23.1 Å². The highest BCUT2D eigenvalue weighted by atomic mass is 35.5. The number of hydrogen-bond acceptors (Lipinski definition) is 10. The molecule has 13 heteroatoms. The van der Waals surface area contributed by atoms with Crippen molar-refractivity contribution in [3.8, 4) is 11.3 Å². The molecule has 2 N–H and O–H groups in total. The number of anilines is 2. The first-order valence-corrected chi connectivity index (χ1v) is 11.8. The fourth-order valence-corrected chi connectivity index (χ4v) is 4.84. The minimum Gasteiger partial charge on any atom is -0.360 e. The van der Waals surface area contributed by atoms with Crippen molar-refractivity contribution in [2.45, 2.75) is 11.3 Å². The van der Waals surface area contributed by atoms with E-state index in [0.29, 0.717) is 36.6 Å². The van der Waals surface area contributed by atoms with E-state index in [1.807, 2.05) is 0 Å². The highest BCUT2D eigenvalue weighted by molar-refractivity contribution is 8.01. The largest absolute Gasteiger partial charge is 0.360 e. The maximum absolute atomic E-state index is 12.9. The summed E-state index contributed by atoms with van der Waals surface area (Å²) < 4.78 is 5.76. The molecule has 158 valence electrons. The van der Waals surface area contributed by atoms with Gasteiger partial charge in [0.15, 0.2) is 9.47 Å². The molecule has 1 aromatic carbocycles. The fraction of sp³-hybridized carbons (Fsp3) is 0.111. The minimum atomic E-state index is -0.442. The van der Waals surface area contributed by atoms with Crippen molar-refractivity contribution in [2.24, 2.45) is 0 Å². The van der Waals surface area contributed by atoms with Gasteiger partial charge in [0.1, 0.15) is 17.0 Å². The van der Waals surface area contributed by atoms with Crippen molar-refractivity contribution < 1.29 is 14.1 Å². The molecule has 0 aliphatic heterocycles. The molecule has 0 saturated carbocycles. The van der Waals surface area contributed by atoms with Crippen LogP contribution in [0.15, 0.2) is 44.7 Å². The Bertz CT molecular complexity index is 1220. The van der Waals surface area contributed by atoms with Gasteiger partial charge in [0.2, 0.25) is 11.0 Å². The molecule has 0 radical (unpaired) electrons. The lowest BCUT2D eigenvalue weighted by atomic mass is 10.1. The molecule has 0 unspecified atom stereocenters. The summed E-state index contributed by atoms with van der Waals surface area (Å²) in [5.74, 6) is -0.151. The van der Waals surface area contributed by atoms with E-state index in [2.05, 4.69) is 31.0 Å². The second-order valence-electron chi connectivity index (χ2n) is 5.94. The van der Waals surface area contributed by atoms with E-state index in [9.17, 15) is 9.59 Å². The number of carbonyl (C=O) groups excluding carboxylic acids is 2. The zero-order chi connectivity index (χ0) is 21.8. The van der Waals surface area contributed by atoms with Crippen LogP contribution in [0, 0.1) is 6.92 Å². The lowest BCUT2D eigenvalue weighted by Gasteiger charge is -2.04. The van der Waals surface area contributed by atoms with Crippen LogP contribution in [-0.2, 0) is 4.79 Å². The summed E-state index contributed by atoms with van der Waals surface area (Å²) in [6.07, 6.45) is 1.61. The number of thioether (sulfide) groups is 1. The Kier molecular flexibility index (Phi) is 6.61. The highest BCUT2D eigenvalue weighted by Crippen LogP contribution is 2.32. The normalized spacial score (nSPS) is 10.8. The molecule has 4 rings (SSSR count). The van der Waals surface area contributed by atoms with Gasteiger partial charge in [-0.2, -0.15) is 0 Å². The number of aryl methyl sites for hydroxylation is 1. The Morgan fingerprint density at radius 3 is 2.81 bits per heavy atom. The van der Waals surface area contributed by atoms with Crippen molar-refractivity contribution in [1.29, 1.82) is 0 Å². The van der Waals surface area contributed by atoms with Gasteiger partial charge in [0.05, 0.1) is 10.8 Å². The lowest BCUT2D eigenvalue weighted by molar-refractivity contribution is -0.113. The number of thiazole rings is 1. The van der Waals surface area contributed by atoms with E-state index >= 15 is 0 Å². The van der Waals surface area contributed by atoms with Crippen LogP contribution in [0.25, 0.3) is 11.3 Å². The van der Waals surface area contributed by atoms with Gasteiger partial charge in [0.25, 0.3) is 5.91 Å². The topological polar surface area (TPSA) is 123 Å². The zero-order valence-electron chi connectivity index (χ0n) is 15.8. The smallest absolute Gasteiger partial charge is 0.263 e. The average Bonchev–Trinajstić information content (AvgIpc) is 3.49. The highest BCUT2D eigenvalue weighted by Gasteiger charge is 2.24. The average molecular weight is 493 g/mol. The number of amides is 2. The molecule has 31 heavy (non-hydrogen) atoms. The van der Waals surface area contributed by atoms with Gasteiger partial charge in [-0.3, -0.25) is 14.9 Å². The van der Waals surface area contributed by atoms with Crippen molar-refractivity contribution in [1.82, 2.24) is 20.3 Å². The van der Waals surface area contributed by atoms with Crippen molar-refractivity contribution in [2.75, 3.05) is 16.4 Å². The molecular formula is C18H13ClN6O3S3.